The van der Waals surface area contributed by atoms with E-state index in [0.29, 0.717) is 22.8 Å². The van der Waals surface area contributed by atoms with Gasteiger partial charge in [-0.1, -0.05) is 0 Å². The number of aliphatic imine (C=N–C) groups is 1. The fourth-order valence-corrected chi connectivity index (χ4v) is 5.74. The first kappa shape index (κ1) is 21.0. The van der Waals surface area contributed by atoms with Crippen LogP contribution in [0.2, 0.25) is 0 Å². The molecule has 1 fully saturated rings. The smallest absolute Gasteiger partial charge is 0.265 e. The minimum Gasteiger partial charge on any atom is -0.478 e. The number of fused-ring (bicyclic) bond motifs is 2. The van der Waals surface area contributed by atoms with E-state index in [0.717, 1.165) is 29.8 Å². The van der Waals surface area contributed by atoms with Gasteiger partial charge in [-0.2, -0.15) is 5.10 Å². The second-order valence-electron chi connectivity index (χ2n) is 8.32. The number of anilines is 1. The van der Waals surface area contributed by atoms with E-state index in [1.165, 1.54) is 17.8 Å². The summed E-state index contributed by atoms with van der Waals surface area (Å²) in [7, 11) is 1.85. The van der Waals surface area contributed by atoms with Crippen molar-refractivity contribution in [2.75, 3.05) is 18.1 Å². The van der Waals surface area contributed by atoms with Crippen LogP contribution in [-0.4, -0.2) is 51.1 Å². The van der Waals surface area contributed by atoms with Gasteiger partial charge in [-0.25, -0.2) is 4.39 Å². The number of benzene rings is 1. The highest BCUT2D eigenvalue weighted by Crippen LogP contribution is 2.41. The van der Waals surface area contributed by atoms with Gasteiger partial charge < -0.3 is 15.0 Å². The first-order valence-electron chi connectivity index (χ1n) is 10.6. The van der Waals surface area contributed by atoms with E-state index < -0.39 is 11.9 Å². The predicted molar refractivity (Wildman–Crippen MR) is 120 cm³/mol. The van der Waals surface area contributed by atoms with Gasteiger partial charge in [0, 0.05) is 35.7 Å². The zero-order chi connectivity index (χ0) is 22.6. The van der Waals surface area contributed by atoms with Gasteiger partial charge in [-0.3, -0.25) is 19.3 Å². The largest absolute Gasteiger partial charge is 0.478 e. The Hall–Kier alpha value is -2.88. The third-order valence-electron chi connectivity index (χ3n) is 6.28. The van der Waals surface area contributed by atoms with Crippen molar-refractivity contribution in [3.8, 4) is 5.75 Å². The van der Waals surface area contributed by atoms with Crippen molar-refractivity contribution >= 4 is 34.3 Å². The van der Waals surface area contributed by atoms with E-state index >= 15 is 4.39 Å². The van der Waals surface area contributed by atoms with E-state index in [9.17, 15) is 9.59 Å². The molecule has 2 atom stereocenters. The molecule has 0 bridgehead atoms. The van der Waals surface area contributed by atoms with Crippen LogP contribution in [0.25, 0.3) is 0 Å². The number of aryl methyl sites for hydroxylation is 2. The van der Waals surface area contributed by atoms with Crippen molar-refractivity contribution in [3.63, 3.8) is 0 Å². The number of hydrogen-bond donors (Lipinski definition) is 1. The molecule has 1 aromatic heterocycles. The van der Waals surface area contributed by atoms with Crippen molar-refractivity contribution in [3.05, 3.63) is 40.5 Å². The average Bonchev–Trinajstić information content (AvgIpc) is 3.23. The number of hydrogen-bond acceptors (Lipinski definition) is 6. The molecule has 1 aromatic carbocycles. The number of carbonyl (C=O) groups excluding carboxylic acids is 2. The van der Waals surface area contributed by atoms with Gasteiger partial charge in [-0.15, -0.1) is 11.8 Å². The standard InChI is InChI=1S/C22H24FN5O3S/c1-11-14(12(2)27(3)26-11)9-28-16-8-13(7-15(23)20(16)31-10-18(28)29)22-25-19-17(32-22)5-4-6-24-21(19)30/h7-8,17,19H,4-6,9-10H2,1-3H3,(H,24,30). The summed E-state index contributed by atoms with van der Waals surface area (Å²) < 4.78 is 22.3. The molecule has 4 heterocycles. The van der Waals surface area contributed by atoms with E-state index in [4.69, 9.17) is 4.74 Å². The summed E-state index contributed by atoms with van der Waals surface area (Å²) in [6.45, 7) is 4.55. The Morgan fingerprint density at radius 1 is 1.31 bits per heavy atom. The van der Waals surface area contributed by atoms with Crippen molar-refractivity contribution in [2.24, 2.45) is 12.0 Å². The fourth-order valence-electron chi connectivity index (χ4n) is 4.42. The zero-order valence-corrected chi connectivity index (χ0v) is 19.0. The van der Waals surface area contributed by atoms with Gasteiger partial charge in [0.05, 0.1) is 23.0 Å². The second-order valence-corrected chi connectivity index (χ2v) is 9.54. The number of amides is 2. The van der Waals surface area contributed by atoms with E-state index in [1.54, 1.807) is 15.6 Å². The maximum Gasteiger partial charge on any atom is 0.265 e. The van der Waals surface area contributed by atoms with Gasteiger partial charge in [-0.05, 0) is 38.8 Å². The molecule has 2 aromatic rings. The first-order chi connectivity index (χ1) is 15.3. The number of rotatable bonds is 3. The lowest BCUT2D eigenvalue weighted by Gasteiger charge is -2.30. The summed E-state index contributed by atoms with van der Waals surface area (Å²) in [6, 6.07) is 2.65. The Bertz CT molecular complexity index is 1160. The predicted octanol–water partition coefficient (Wildman–Crippen LogP) is 2.24. The third-order valence-corrected chi connectivity index (χ3v) is 7.64. The molecule has 0 saturated carbocycles. The van der Waals surface area contributed by atoms with Crippen LogP contribution in [0.3, 0.4) is 0 Å². The molecule has 0 radical (unpaired) electrons. The lowest BCUT2D eigenvalue weighted by atomic mass is 10.1. The molecule has 3 aliphatic rings. The molecule has 1 saturated heterocycles. The van der Waals surface area contributed by atoms with Crippen LogP contribution in [0.5, 0.6) is 5.75 Å². The minimum absolute atomic E-state index is 0.0428. The number of ether oxygens (including phenoxy) is 1. The van der Waals surface area contributed by atoms with Gasteiger partial charge in [0.15, 0.2) is 18.2 Å². The number of thioether (sulfide) groups is 1. The molecular weight excluding hydrogens is 433 g/mol. The Kier molecular flexibility index (Phi) is 5.19. The molecular formula is C22H24FN5O3S. The Balaban J connectivity index is 1.53. The van der Waals surface area contributed by atoms with Crippen LogP contribution in [0.15, 0.2) is 17.1 Å². The molecule has 8 nitrogen and oxygen atoms in total. The maximum absolute atomic E-state index is 15.1. The normalized spacial score (nSPS) is 22.6. The summed E-state index contributed by atoms with van der Waals surface area (Å²) in [5, 5.41) is 7.97. The third kappa shape index (κ3) is 3.46. The van der Waals surface area contributed by atoms with Crippen LogP contribution in [0, 0.1) is 19.7 Å². The van der Waals surface area contributed by atoms with Crippen LogP contribution in [0.4, 0.5) is 10.1 Å². The van der Waals surface area contributed by atoms with Crippen LogP contribution in [0.1, 0.15) is 35.4 Å². The zero-order valence-electron chi connectivity index (χ0n) is 18.1. The summed E-state index contributed by atoms with van der Waals surface area (Å²) >= 11 is 1.50. The van der Waals surface area contributed by atoms with E-state index in [-0.39, 0.29) is 36.0 Å². The van der Waals surface area contributed by atoms with Crippen molar-refractivity contribution in [1.82, 2.24) is 15.1 Å². The minimum atomic E-state index is -0.547. The van der Waals surface area contributed by atoms with Crippen molar-refractivity contribution in [2.45, 2.75) is 44.5 Å². The first-order valence-corrected chi connectivity index (χ1v) is 11.5. The van der Waals surface area contributed by atoms with Crippen LogP contribution < -0.4 is 15.0 Å². The quantitative estimate of drug-likeness (QED) is 0.764. The van der Waals surface area contributed by atoms with Gasteiger partial charge >= 0.3 is 0 Å². The van der Waals surface area contributed by atoms with Crippen molar-refractivity contribution in [1.29, 1.82) is 0 Å². The Labute approximate surface area is 189 Å². The lowest BCUT2D eigenvalue weighted by molar-refractivity contribution is -0.122. The highest BCUT2D eigenvalue weighted by atomic mass is 32.2. The molecule has 168 valence electrons. The molecule has 2 amide bonds. The Morgan fingerprint density at radius 2 is 2.12 bits per heavy atom. The number of aromatic nitrogens is 2. The molecule has 3 aliphatic heterocycles. The second kappa shape index (κ2) is 7.91. The monoisotopic (exact) mass is 457 g/mol. The van der Waals surface area contributed by atoms with Gasteiger partial charge in [0.2, 0.25) is 5.91 Å². The SMILES string of the molecule is Cc1nn(C)c(C)c1CN1C(=O)COc2c(F)cc(C3=NC4C(=O)NCCCC4S3)cc21. The topological polar surface area (TPSA) is 88.8 Å². The van der Waals surface area contributed by atoms with Crippen LogP contribution in [-0.2, 0) is 23.2 Å². The van der Waals surface area contributed by atoms with E-state index in [2.05, 4.69) is 15.4 Å². The highest BCUT2D eigenvalue weighted by molar-refractivity contribution is 8.15. The summed E-state index contributed by atoms with van der Waals surface area (Å²) in [6.07, 6.45) is 1.75. The summed E-state index contributed by atoms with van der Waals surface area (Å²) in [4.78, 5) is 31.3. The molecule has 2 unspecified atom stereocenters. The lowest BCUT2D eigenvalue weighted by Crippen LogP contribution is -2.39. The number of nitrogens with one attached hydrogen (secondary N) is 1. The molecule has 0 spiro atoms. The molecule has 1 N–H and O–H groups in total. The fraction of sp³-hybridized carbons (Fsp3) is 0.455. The highest BCUT2D eigenvalue weighted by Gasteiger charge is 2.38. The van der Waals surface area contributed by atoms with Gasteiger partial charge in [0.25, 0.3) is 5.91 Å². The number of nitrogens with zero attached hydrogens (tertiary/aromatic N) is 4. The number of carbonyl (C=O) groups is 2. The Morgan fingerprint density at radius 3 is 2.88 bits per heavy atom. The molecule has 10 heteroatoms. The van der Waals surface area contributed by atoms with Crippen molar-refractivity contribution < 1.29 is 18.7 Å². The maximum atomic E-state index is 15.1. The van der Waals surface area contributed by atoms with Crippen LogP contribution >= 0.6 is 11.8 Å². The molecule has 32 heavy (non-hydrogen) atoms. The summed E-state index contributed by atoms with van der Waals surface area (Å²) in [5.74, 6) is -0.823. The molecule has 5 rings (SSSR count). The van der Waals surface area contributed by atoms with E-state index in [1.807, 2.05) is 20.9 Å². The van der Waals surface area contributed by atoms with Gasteiger partial charge in [0.1, 0.15) is 6.04 Å². The molecule has 0 aliphatic carbocycles. The number of halogens is 1. The summed E-state index contributed by atoms with van der Waals surface area (Å²) in [5.41, 5.74) is 3.62. The average molecular weight is 458 g/mol.